The Morgan fingerprint density at radius 1 is 0.848 bits per heavy atom. The minimum absolute atomic E-state index is 0.0341. The number of benzene rings is 3. The summed E-state index contributed by atoms with van der Waals surface area (Å²) in [6.45, 7) is 6.30. The van der Waals surface area contributed by atoms with Crippen LogP contribution in [0.15, 0.2) is 60.7 Å². The average Bonchev–Trinajstić information content (AvgIpc) is 2.85. The van der Waals surface area contributed by atoms with Gasteiger partial charge in [-0.05, 0) is 58.9 Å². The summed E-state index contributed by atoms with van der Waals surface area (Å²) >= 11 is 0. The molecule has 0 amide bonds. The Balaban J connectivity index is 1.63. The normalized spacial score (nSPS) is 15.1. The third kappa shape index (κ3) is 5.42. The smallest absolute Gasteiger partial charge is 0.162 e. The van der Waals surface area contributed by atoms with Gasteiger partial charge in [0.15, 0.2) is 23.0 Å². The molecule has 3 aromatic carbocycles. The second-order valence-corrected chi connectivity index (χ2v) is 8.73. The average molecular weight is 448 g/mol. The van der Waals surface area contributed by atoms with Crippen molar-refractivity contribution in [3.63, 3.8) is 0 Å². The second-order valence-electron chi connectivity index (χ2n) is 8.73. The quantitative estimate of drug-likeness (QED) is 0.466. The van der Waals surface area contributed by atoms with Gasteiger partial charge in [0.1, 0.15) is 6.61 Å². The summed E-state index contributed by atoms with van der Waals surface area (Å²) in [5.41, 5.74) is 4.71. The lowest BCUT2D eigenvalue weighted by molar-refractivity contribution is 0.256. The molecule has 1 aliphatic heterocycles. The van der Waals surface area contributed by atoms with Crippen LogP contribution < -0.4 is 24.3 Å². The Morgan fingerprint density at radius 2 is 1.61 bits per heavy atom. The molecule has 5 heteroatoms. The number of hydrogen-bond acceptors (Lipinski definition) is 5. The summed E-state index contributed by atoms with van der Waals surface area (Å²) in [6, 6.07) is 20.6. The van der Waals surface area contributed by atoms with Crippen molar-refractivity contribution in [1.29, 1.82) is 0 Å². The van der Waals surface area contributed by atoms with Gasteiger partial charge in [-0.25, -0.2) is 0 Å². The van der Waals surface area contributed by atoms with Gasteiger partial charge in [-0.3, -0.25) is 0 Å². The first kappa shape index (κ1) is 23.0. The fourth-order valence-electron chi connectivity index (χ4n) is 4.11. The predicted octanol–water partition coefficient (Wildman–Crippen LogP) is 5.55. The van der Waals surface area contributed by atoms with Crippen molar-refractivity contribution in [3.05, 3.63) is 82.9 Å². The van der Waals surface area contributed by atoms with Gasteiger partial charge < -0.3 is 24.3 Å². The van der Waals surface area contributed by atoms with Gasteiger partial charge in [-0.15, -0.1) is 0 Å². The third-order valence-electron chi connectivity index (χ3n) is 5.81. The zero-order chi connectivity index (χ0) is 23.2. The van der Waals surface area contributed by atoms with Crippen molar-refractivity contribution in [3.8, 4) is 23.0 Å². The molecule has 3 aromatic rings. The lowest BCUT2D eigenvalue weighted by atomic mass is 9.89. The first-order chi connectivity index (χ1) is 16.1. The fraction of sp³-hybridized carbons (Fsp3) is 0.357. The van der Waals surface area contributed by atoms with Crippen LogP contribution in [-0.2, 0) is 13.0 Å². The van der Waals surface area contributed by atoms with Crippen LogP contribution in [0.1, 0.15) is 42.1 Å². The Kier molecular flexibility index (Phi) is 7.40. The van der Waals surface area contributed by atoms with Crippen LogP contribution in [0.2, 0.25) is 0 Å². The standard InChI is InChI=1S/C28H33NO4/c1-19(2)17-32-24-11-10-22(15-25(24)30-3)28-23-16-27(33-18-20-8-6-5-7-9-20)26(31-4)14-21(23)12-13-29-28/h5-11,14-16,19,28-29H,12-13,17-18H2,1-4H3. The number of ether oxygens (including phenoxy) is 4. The molecule has 1 N–H and O–H groups in total. The van der Waals surface area contributed by atoms with Crippen molar-refractivity contribution in [2.75, 3.05) is 27.4 Å². The summed E-state index contributed by atoms with van der Waals surface area (Å²) in [6.07, 6.45) is 0.938. The van der Waals surface area contributed by atoms with Crippen LogP contribution in [-0.4, -0.2) is 27.4 Å². The first-order valence-corrected chi connectivity index (χ1v) is 11.5. The van der Waals surface area contributed by atoms with E-state index in [2.05, 4.69) is 55.6 Å². The van der Waals surface area contributed by atoms with E-state index in [-0.39, 0.29) is 6.04 Å². The lowest BCUT2D eigenvalue weighted by Gasteiger charge is -2.29. The van der Waals surface area contributed by atoms with E-state index in [1.54, 1.807) is 14.2 Å². The van der Waals surface area contributed by atoms with Crippen LogP contribution >= 0.6 is 0 Å². The molecule has 0 bridgehead atoms. The zero-order valence-corrected chi connectivity index (χ0v) is 19.9. The van der Waals surface area contributed by atoms with Gasteiger partial charge in [0.2, 0.25) is 0 Å². The minimum Gasteiger partial charge on any atom is -0.493 e. The molecule has 5 nitrogen and oxygen atoms in total. The van der Waals surface area contributed by atoms with Crippen LogP contribution in [0.4, 0.5) is 0 Å². The Labute approximate surface area is 196 Å². The molecule has 1 aliphatic rings. The van der Waals surface area contributed by atoms with E-state index in [1.807, 2.05) is 24.3 Å². The van der Waals surface area contributed by atoms with E-state index in [0.717, 1.165) is 47.1 Å². The van der Waals surface area contributed by atoms with Gasteiger partial charge >= 0.3 is 0 Å². The maximum absolute atomic E-state index is 6.19. The molecule has 1 heterocycles. The highest BCUT2D eigenvalue weighted by Gasteiger charge is 2.25. The minimum atomic E-state index is 0.0341. The monoisotopic (exact) mass is 447 g/mol. The van der Waals surface area contributed by atoms with E-state index in [1.165, 1.54) is 11.1 Å². The summed E-state index contributed by atoms with van der Waals surface area (Å²) in [7, 11) is 3.38. The van der Waals surface area contributed by atoms with Crippen LogP contribution in [0, 0.1) is 5.92 Å². The number of methoxy groups -OCH3 is 2. The SMILES string of the molecule is COc1cc2c(cc1OCc1ccccc1)C(c1ccc(OCC(C)C)c(OC)c1)NCC2. The highest BCUT2D eigenvalue weighted by atomic mass is 16.5. The predicted molar refractivity (Wildman–Crippen MR) is 131 cm³/mol. The molecule has 1 unspecified atom stereocenters. The van der Waals surface area contributed by atoms with Crippen LogP contribution in [0.25, 0.3) is 0 Å². The largest absolute Gasteiger partial charge is 0.493 e. The molecule has 33 heavy (non-hydrogen) atoms. The Bertz CT molecular complexity index is 1060. The van der Waals surface area contributed by atoms with Crippen LogP contribution in [0.5, 0.6) is 23.0 Å². The van der Waals surface area contributed by atoms with Crippen LogP contribution in [0.3, 0.4) is 0 Å². The topological polar surface area (TPSA) is 49.0 Å². The molecule has 174 valence electrons. The molecule has 0 fully saturated rings. The third-order valence-corrected chi connectivity index (χ3v) is 5.81. The van der Waals surface area contributed by atoms with Crippen molar-refractivity contribution in [2.45, 2.75) is 32.9 Å². The Morgan fingerprint density at radius 3 is 2.33 bits per heavy atom. The summed E-state index contributed by atoms with van der Waals surface area (Å²) in [4.78, 5) is 0. The molecule has 0 saturated heterocycles. The van der Waals surface area contributed by atoms with Gasteiger partial charge in [-0.1, -0.05) is 50.2 Å². The van der Waals surface area contributed by atoms with Gasteiger partial charge in [0.25, 0.3) is 0 Å². The number of fused-ring (bicyclic) bond motifs is 1. The van der Waals surface area contributed by atoms with Gasteiger partial charge in [0, 0.05) is 6.54 Å². The molecular weight excluding hydrogens is 414 g/mol. The zero-order valence-electron chi connectivity index (χ0n) is 19.9. The van der Waals surface area contributed by atoms with E-state index < -0.39 is 0 Å². The van der Waals surface area contributed by atoms with E-state index in [4.69, 9.17) is 18.9 Å². The molecule has 1 atom stereocenters. The van der Waals surface area contributed by atoms with E-state index in [0.29, 0.717) is 19.1 Å². The van der Waals surface area contributed by atoms with Crippen molar-refractivity contribution in [1.82, 2.24) is 5.32 Å². The maximum Gasteiger partial charge on any atom is 0.162 e. The summed E-state index contributed by atoms with van der Waals surface area (Å²) in [5, 5.41) is 3.66. The Hall–Kier alpha value is -3.18. The van der Waals surface area contributed by atoms with Crippen molar-refractivity contribution >= 4 is 0 Å². The molecule has 0 spiro atoms. The molecule has 0 saturated carbocycles. The molecular formula is C28H33NO4. The second kappa shape index (κ2) is 10.6. The van der Waals surface area contributed by atoms with Gasteiger partial charge in [0.05, 0.1) is 26.9 Å². The van der Waals surface area contributed by atoms with Crippen molar-refractivity contribution < 1.29 is 18.9 Å². The fourth-order valence-corrected chi connectivity index (χ4v) is 4.11. The number of nitrogens with one attached hydrogen (secondary N) is 1. The number of rotatable bonds is 9. The summed E-state index contributed by atoms with van der Waals surface area (Å²) < 4.78 is 23.4. The molecule has 4 rings (SSSR count). The van der Waals surface area contributed by atoms with E-state index in [9.17, 15) is 0 Å². The molecule has 0 aliphatic carbocycles. The number of hydrogen-bond donors (Lipinski definition) is 1. The van der Waals surface area contributed by atoms with E-state index >= 15 is 0 Å². The van der Waals surface area contributed by atoms with Gasteiger partial charge in [-0.2, -0.15) is 0 Å². The van der Waals surface area contributed by atoms with Crippen molar-refractivity contribution in [2.24, 2.45) is 5.92 Å². The molecule has 0 aromatic heterocycles. The highest BCUT2D eigenvalue weighted by molar-refractivity contribution is 5.53. The maximum atomic E-state index is 6.19. The first-order valence-electron chi connectivity index (χ1n) is 11.5. The summed E-state index contributed by atoms with van der Waals surface area (Å²) in [5.74, 6) is 3.48. The lowest BCUT2D eigenvalue weighted by Crippen LogP contribution is -2.30. The molecule has 0 radical (unpaired) electrons. The highest BCUT2D eigenvalue weighted by Crippen LogP contribution is 2.40.